The van der Waals surface area contributed by atoms with Gasteiger partial charge in [-0.1, -0.05) is 24.3 Å². The first kappa shape index (κ1) is 35.5. The van der Waals surface area contributed by atoms with Crippen LogP contribution in [-0.4, -0.2) is 106 Å². The Morgan fingerprint density at radius 1 is 0.619 bits per heavy atom. The van der Waals surface area contributed by atoms with Gasteiger partial charge in [-0.15, -0.1) is 0 Å². The number of nitrogens with zero attached hydrogens (tertiary/aromatic N) is 1. The van der Waals surface area contributed by atoms with Crippen LogP contribution in [-0.2, 0) is 48.0 Å². The zero-order valence-electron chi connectivity index (χ0n) is 23.2. The molecule has 0 saturated carbocycles. The van der Waals surface area contributed by atoms with Crippen molar-refractivity contribution in [2.45, 2.75) is 28.7 Å². The molecule has 0 unspecified atom stereocenters. The summed E-state index contributed by atoms with van der Waals surface area (Å²) >= 11 is 6.53. The third-order valence-corrected chi connectivity index (χ3v) is 11.4. The van der Waals surface area contributed by atoms with Crippen molar-refractivity contribution in [1.29, 1.82) is 0 Å². The van der Waals surface area contributed by atoms with Crippen LogP contribution in [0, 0.1) is 0 Å². The molecule has 0 spiro atoms. The van der Waals surface area contributed by atoms with Crippen molar-refractivity contribution >= 4 is 52.0 Å². The fourth-order valence-electron chi connectivity index (χ4n) is 3.98. The van der Waals surface area contributed by atoms with Crippen molar-refractivity contribution in [2.24, 2.45) is 0 Å². The molecule has 236 valence electrons. The summed E-state index contributed by atoms with van der Waals surface area (Å²) in [7, 11) is -7.37. The average molecular weight is 760 g/mol. The van der Waals surface area contributed by atoms with Crippen LogP contribution >= 0.6 is 31.9 Å². The van der Waals surface area contributed by atoms with Gasteiger partial charge < -0.3 is 23.7 Å². The lowest BCUT2D eigenvalue weighted by Gasteiger charge is -2.31. The maximum atomic E-state index is 12.9. The maximum absolute atomic E-state index is 12.9. The Morgan fingerprint density at radius 3 is 1.55 bits per heavy atom. The zero-order chi connectivity index (χ0) is 30.3. The molecule has 15 heteroatoms. The second-order valence-corrected chi connectivity index (χ2v) is 14.3. The van der Waals surface area contributed by atoms with E-state index >= 15 is 0 Å². The van der Waals surface area contributed by atoms with Crippen molar-refractivity contribution < 1.29 is 44.7 Å². The molecule has 1 saturated heterocycles. The highest BCUT2D eigenvalue weighted by atomic mass is 79.9. The van der Waals surface area contributed by atoms with Gasteiger partial charge >= 0.3 is 0 Å². The van der Waals surface area contributed by atoms with Crippen molar-refractivity contribution in [3.05, 3.63) is 57.5 Å². The van der Waals surface area contributed by atoms with Gasteiger partial charge in [0, 0.05) is 22.0 Å². The minimum absolute atomic E-state index is 0.00827. The third kappa shape index (κ3) is 11.8. The Balaban J connectivity index is 1.09. The highest BCUT2D eigenvalue weighted by molar-refractivity contribution is 9.10. The number of halogens is 2. The summed E-state index contributed by atoms with van der Waals surface area (Å²) in [4.78, 5) is 0.361. The average Bonchev–Trinajstić information content (AvgIpc) is 2.97. The Labute approximate surface area is 265 Å². The van der Waals surface area contributed by atoms with Crippen LogP contribution in [0.15, 0.2) is 67.3 Å². The van der Waals surface area contributed by atoms with E-state index in [2.05, 4.69) is 31.9 Å². The molecule has 1 aliphatic rings. The number of rotatable bonds is 20. The van der Waals surface area contributed by atoms with E-state index in [-0.39, 0.29) is 29.1 Å². The summed E-state index contributed by atoms with van der Waals surface area (Å²) < 4.78 is 85.2. The van der Waals surface area contributed by atoms with E-state index < -0.39 is 20.1 Å². The zero-order valence-corrected chi connectivity index (χ0v) is 28.0. The van der Waals surface area contributed by atoms with Crippen LogP contribution in [0.4, 0.5) is 0 Å². The molecule has 0 N–H and O–H groups in total. The lowest BCUT2D eigenvalue weighted by molar-refractivity contribution is -0.0318. The largest absolute Gasteiger partial charge is 0.377 e. The first-order valence-corrected chi connectivity index (χ1v) is 18.0. The van der Waals surface area contributed by atoms with Crippen LogP contribution in [0.2, 0.25) is 0 Å². The van der Waals surface area contributed by atoms with Gasteiger partial charge in [0.2, 0.25) is 10.0 Å². The summed E-state index contributed by atoms with van der Waals surface area (Å²) in [6.45, 7) is 4.06. The number of sulfonamides is 1. The summed E-state index contributed by atoms with van der Waals surface area (Å²) in [6, 6.07) is 13.3. The highest BCUT2D eigenvalue weighted by Crippen LogP contribution is 2.27. The SMILES string of the molecule is O=S(=O)(OCCOCCOCCOCCOCCOC1CCN(S(=O)(=O)c2ccccc2Br)CC1)c1ccccc1Br. The molecule has 0 aliphatic carbocycles. The van der Waals surface area contributed by atoms with Gasteiger partial charge in [0.05, 0.1) is 77.1 Å². The smallest absolute Gasteiger partial charge is 0.298 e. The molecule has 0 amide bonds. The molecule has 1 fully saturated rings. The lowest BCUT2D eigenvalue weighted by Crippen LogP contribution is -2.41. The molecule has 2 aromatic rings. The summed E-state index contributed by atoms with van der Waals surface area (Å²) in [5.41, 5.74) is 0. The van der Waals surface area contributed by atoms with Crippen molar-refractivity contribution in [3.63, 3.8) is 0 Å². The standard InChI is InChI=1S/C27H37Br2NO10S2/c28-24-5-1-3-7-26(24)41(31,32)30-11-9-23(10-12-30)39-21-19-37-17-15-35-13-14-36-16-18-38-20-22-40-42(33,34)27-8-4-2-6-25(27)29/h1-8,23H,9-22H2. The van der Waals surface area contributed by atoms with Crippen LogP contribution in [0.5, 0.6) is 0 Å². The topological polar surface area (TPSA) is 127 Å². The Kier molecular flexibility index (Phi) is 15.8. The van der Waals surface area contributed by atoms with E-state index in [1.165, 1.54) is 10.4 Å². The number of hydrogen-bond donors (Lipinski definition) is 0. The number of ether oxygens (including phenoxy) is 5. The van der Waals surface area contributed by atoms with E-state index in [1.807, 2.05) is 0 Å². The van der Waals surface area contributed by atoms with Gasteiger partial charge in [-0.25, -0.2) is 8.42 Å². The number of hydrogen-bond acceptors (Lipinski definition) is 10. The molecule has 11 nitrogen and oxygen atoms in total. The van der Waals surface area contributed by atoms with Gasteiger partial charge in [0.15, 0.2) is 0 Å². The third-order valence-electron chi connectivity index (χ3n) is 6.12. The molecule has 2 aromatic carbocycles. The Bertz CT molecular complexity index is 1290. The maximum Gasteiger partial charge on any atom is 0.298 e. The predicted octanol–water partition coefficient (Wildman–Crippen LogP) is 3.85. The molecular weight excluding hydrogens is 722 g/mol. The summed E-state index contributed by atoms with van der Waals surface area (Å²) in [5, 5.41) is 0. The van der Waals surface area contributed by atoms with E-state index in [0.717, 1.165) is 0 Å². The first-order chi connectivity index (χ1) is 20.2. The minimum Gasteiger partial charge on any atom is -0.377 e. The van der Waals surface area contributed by atoms with Crippen molar-refractivity contribution in [3.8, 4) is 0 Å². The summed E-state index contributed by atoms with van der Waals surface area (Å²) in [6.07, 6.45) is 1.29. The molecule has 42 heavy (non-hydrogen) atoms. The minimum atomic E-state index is -3.84. The van der Waals surface area contributed by atoms with E-state index in [1.54, 1.807) is 42.5 Å². The van der Waals surface area contributed by atoms with Crippen molar-refractivity contribution in [2.75, 3.05) is 79.2 Å². The molecule has 1 aliphatic heterocycles. The van der Waals surface area contributed by atoms with Gasteiger partial charge in [-0.05, 0) is 69.0 Å². The number of benzene rings is 2. The molecular formula is C27H37Br2NO10S2. The first-order valence-electron chi connectivity index (χ1n) is 13.5. The molecule has 1 heterocycles. The van der Waals surface area contributed by atoms with Crippen molar-refractivity contribution in [1.82, 2.24) is 4.31 Å². The quantitative estimate of drug-likeness (QED) is 0.145. The number of piperidine rings is 1. The fourth-order valence-corrected chi connectivity index (χ4v) is 8.26. The van der Waals surface area contributed by atoms with E-state index in [9.17, 15) is 16.8 Å². The summed E-state index contributed by atoms with van der Waals surface area (Å²) in [5.74, 6) is 0. The second-order valence-electron chi connectivity index (χ2n) is 9.06. The van der Waals surface area contributed by atoms with Crippen LogP contribution in [0.25, 0.3) is 0 Å². The Morgan fingerprint density at radius 2 is 1.05 bits per heavy atom. The molecule has 0 bridgehead atoms. The predicted molar refractivity (Wildman–Crippen MR) is 162 cm³/mol. The van der Waals surface area contributed by atoms with E-state index in [4.69, 9.17) is 27.9 Å². The fraction of sp³-hybridized carbons (Fsp3) is 0.556. The van der Waals surface area contributed by atoms with Gasteiger partial charge in [0.1, 0.15) is 4.90 Å². The van der Waals surface area contributed by atoms with Gasteiger partial charge in [-0.3, -0.25) is 4.18 Å². The molecule has 0 aromatic heterocycles. The Hall–Kier alpha value is -0.980. The van der Waals surface area contributed by atoms with Crippen LogP contribution < -0.4 is 0 Å². The van der Waals surface area contributed by atoms with Gasteiger partial charge in [-0.2, -0.15) is 12.7 Å². The normalized spacial score (nSPS) is 15.3. The van der Waals surface area contributed by atoms with Crippen LogP contribution in [0.1, 0.15) is 12.8 Å². The highest BCUT2D eigenvalue weighted by Gasteiger charge is 2.30. The molecule has 0 radical (unpaired) electrons. The monoisotopic (exact) mass is 757 g/mol. The molecule has 0 atom stereocenters. The molecule has 3 rings (SSSR count). The van der Waals surface area contributed by atoms with E-state index in [0.29, 0.717) is 87.7 Å². The van der Waals surface area contributed by atoms with Crippen LogP contribution in [0.3, 0.4) is 0 Å². The van der Waals surface area contributed by atoms with Gasteiger partial charge in [0.25, 0.3) is 10.1 Å². The lowest BCUT2D eigenvalue weighted by atomic mass is 10.1. The second kappa shape index (κ2) is 18.7.